The Balaban J connectivity index is 2.71. The van der Waals surface area contributed by atoms with Gasteiger partial charge in [-0.2, -0.15) is 4.31 Å². The third kappa shape index (κ3) is 4.26. The zero-order valence-corrected chi connectivity index (χ0v) is 11.2. The molecule has 0 amide bonds. The maximum atomic E-state index is 11.9. The number of rotatable bonds is 7. The Morgan fingerprint density at radius 1 is 1.28 bits per heavy atom. The van der Waals surface area contributed by atoms with E-state index in [1.54, 1.807) is 6.92 Å². The van der Waals surface area contributed by atoms with Crippen LogP contribution in [0.25, 0.3) is 0 Å². The highest BCUT2D eigenvalue weighted by Gasteiger charge is 2.39. The lowest BCUT2D eigenvalue weighted by atomic mass is 10.6. The van der Waals surface area contributed by atoms with Gasteiger partial charge in [-0.05, 0) is 19.8 Å². The fraction of sp³-hybridized carbons (Fsp3) is 0.800. The van der Waals surface area contributed by atoms with Crippen LogP contribution in [0.2, 0.25) is 0 Å². The van der Waals surface area contributed by atoms with E-state index in [9.17, 15) is 18.0 Å². The van der Waals surface area contributed by atoms with Gasteiger partial charge in [0.2, 0.25) is 10.0 Å². The average molecular weight is 279 g/mol. The number of hydrogen-bond acceptors (Lipinski definition) is 6. The number of methoxy groups -OCH3 is 1. The number of nitrogens with zero attached hydrogens (tertiary/aromatic N) is 1. The van der Waals surface area contributed by atoms with E-state index in [-0.39, 0.29) is 19.2 Å². The van der Waals surface area contributed by atoms with E-state index in [0.717, 1.165) is 11.4 Å². The Morgan fingerprint density at radius 3 is 2.33 bits per heavy atom. The average Bonchev–Trinajstić information content (AvgIpc) is 3.09. The molecule has 0 radical (unpaired) electrons. The van der Waals surface area contributed by atoms with Crippen molar-refractivity contribution in [3.8, 4) is 0 Å². The van der Waals surface area contributed by atoms with Gasteiger partial charge in [0.05, 0.1) is 13.7 Å². The predicted octanol–water partition coefficient (Wildman–Crippen LogP) is -0.483. The lowest BCUT2D eigenvalue weighted by Crippen LogP contribution is -2.41. The van der Waals surface area contributed by atoms with Gasteiger partial charge >= 0.3 is 11.9 Å². The van der Waals surface area contributed by atoms with E-state index in [1.165, 1.54) is 0 Å². The van der Waals surface area contributed by atoms with Crippen LogP contribution in [0.5, 0.6) is 0 Å². The molecule has 0 aliphatic heterocycles. The second-order valence-corrected chi connectivity index (χ2v) is 5.84. The molecule has 0 bridgehead atoms. The largest absolute Gasteiger partial charge is 0.468 e. The third-order valence-electron chi connectivity index (χ3n) is 2.43. The van der Waals surface area contributed by atoms with Gasteiger partial charge in [-0.15, -0.1) is 0 Å². The lowest BCUT2D eigenvalue weighted by Gasteiger charge is -2.19. The summed E-state index contributed by atoms with van der Waals surface area (Å²) in [6.07, 6.45) is 1.39. The molecule has 0 atom stereocenters. The van der Waals surface area contributed by atoms with Gasteiger partial charge in [0.25, 0.3) is 0 Å². The summed E-state index contributed by atoms with van der Waals surface area (Å²) >= 11 is 0. The van der Waals surface area contributed by atoms with Gasteiger partial charge in [-0.3, -0.25) is 9.59 Å². The van der Waals surface area contributed by atoms with E-state index < -0.39 is 27.7 Å². The number of esters is 2. The van der Waals surface area contributed by atoms with Crippen molar-refractivity contribution in [1.82, 2.24) is 4.31 Å². The van der Waals surface area contributed by atoms with Crippen LogP contribution in [-0.4, -0.2) is 56.7 Å². The van der Waals surface area contributed by atoms with Crippen molar-refractivity contribution in [2.45, 2.75) is 25.8 Å². The summed E-state index contributed by atoms with van der Waals surface area (Å²) in [6, 6.07) is -0.205. The van der Waals surface area contributed by atoms with Crippen LogP contribution in [0.3, 0.4) is 0 Å². The van der Waals surface area contributed by atoms with Crippen molar-refractivity contribution >= 4 is 22.0 Å². The fourth-order valence-electron chi connectivity index (χ4n) is 1.44. The summed E-state index contributed by atoms with van der Waals surface area (Å²) in [5.41, 5.74) is 0. The summed E-state index contributed by atoms with van der Waals surface area (Å²) in [5, 5.41) is 0. The fourth-order valence-corrected chi connectivity index (χ4v) is 2.99. The molecule has 1 aliphatic carbocycles. The number of carbonyl (C=O) groups excluding carboxylic acids is 2. The molecular formula is C10H17NO6S. The Kier molecular flexibility index (Phi) is 5.09. The highest BCUT2D eigenvalue weighted by molar-refractivity contribution is 7.89. The van der Waals surface area contributed by atoms with E-state index >= 15 is 0 Å². The second-order valence-electron chi connectivity index (χ2n) is 3.91. The van der Waals surface area contributed by atoms with Crippen LogP contribution < -0.4 is 0 Å². The van der Waals surface area contributed by atoms with E-state index in [4.69, 9.17) is 4.74 Å². The van der Waals surface area contributed by atoms with Crippen molar-refractivity contribution in [3.05, 3.63) is 0 Å². The molecule has 1 rings (SSSR count). The first-order valence-electron chi connectivity index (χ1n) is 5.62. The van der Waals surface area contributed by atoms with Crippen molar-refractivity contribution in [2.75, 3.05) is 26.0 Å². The molecule has 104 valence electrons. The third-order valence-corrected chi connectivity index (χ3v) is 4.17. The van der Waals surface area contributed by atoms with Crippen LogP contribution in [0.1, 0.15) is 19.8 Å². The number of carbonyl (C=O) groups is 2. The van der Waals surface area contributed by atoms with Crippen LogP contribution in [0.4, 0.5) is 0 Å². The summed E-state index contributed by atoms with van der Waals surface area (Å²) < 4.78 is 34.0. The molecule has 1 aliphatic rings. The number of hydrogen-bond donors (Lipinski definition) is 0. The zero-order valence-electron chi connectivity index (χ0n) is 10.4. The number of sulfonamides is 1. The SMILES string of the molecule is CCOC(=O)CN(C1CC1)S(=O)(=O)CC(=O)OC. The minimum Gasteiger partial charge on any atom is -0.468 e. The monoisotopic (exact) mass is 279 g/mol. The molecule has 0 saturated heterocycles. The van der Waals surface area contributed by atoms with Crippen LogP contribution >= 0.6 is 0 Å². The topological polar surface area (TPSA) is 90.0 Å². The van der Waals surface area contributed by atoms with Crippen molar-refractivity contribution in [3.63, 3.8) is 0 Å². The first kappa shape index (κ1) is 14.9. The highest BCUT2D eigenvalue weighted by atomic mass is 32.2. The van der Waals surface area contributed by atoms with Gasteiger partial charge < -0.3 is 9.47 Å². The van der Waals surface area contributed by atoms with Crippen LogP contribution in [0.15, 0.2) is 0 Å². The van der Waals surface area contributed by atoms with Crippen molar-refractivity contribution < 1.29 is 27.5 Å². The van der Waals surface area contributed by atoms with Crippen molar-refractivity contribution in [2.24, 2.45) is 0 Å². The molecule has 1 fully saturated rings. The number of ether oxygens (including phenoxy) is 2. The molecule has 0 heterocycles. The van der Waals surface area contributed by atoms with Crippen LogP contribution in [0, 0.1) is 0 Å². The molecule has 0 N–H and O–H groups in total. The van der Waals surface area contributed by atoms with E-state index in [0.29, 0.717) is 12.8 Å². The minimum absolute atomic E-state index is 0.189. The molecule has 18 heavy (non-hydrogen) atoms. The molecule has 7 nitrogen and oxygen atoms in total. The summed E-state index contributed by atoms with van der Waals surface area (Å²) in [6.45, 7) is 1.48. The van der Waals surface area contributed by atoms with Crippen molar-refractivity contribution in [1.29, 1.82) is 0 Å². The Morgan fingerprint density at radius 2 is 1.89 bits per heavy atom. The molecule has 0 unspecified atom stereocenters. The molecule has 8 heteroatoms. The van der Waals surface area contributed by atoms with E-state index in [2.05, 4.69) is 4.74 Å². The first-order valence-corrected chi connectivity index (χ1v) is 7.23. The standard InChI is InChI=1S/C10H17NO6S/c1-3-17-9(12)6-11(8-4-5-8)18(14,15)7-10(13)16-2/h8H,3-7H2,1-2H3. The van der Waals surface area contributed by atoms with Gasteiger partial charge in [0.1, 0.15) is 6.54 Å². The Labute approximate surface area is 106 Å². The van der Waals surface area contributed by atoms with E-state index in [1.807, 2.05) is 0 Å². The summed E-state index contributed by atoms with van der Waals surface area (Å²) in [7, 11) is -2.71. The molecule has 0 aromatic carbocycles. The van der Waals surface area contributed by atoms with Gasteiger partial charge in [-0.25, -0.2) is 8.42 Å². The minimum atomic E-state index is -3.83. The Bertz CT molecular complexity index is 414. The quantitative estimate of drug-likeness (QED) is 0.584. The smallest absolute Gasteiger partial charge is 0.322 e. The molecule has 0 aromatic heterocycles. The normalized spacial score (nSPS) is 15.5. The second kappa shape index (κ2) is 6.14. The van der Waals surface area contributed by atoms with Gasteiger partial charge in [0, 0.05) is 6.04 Å². The summed E-state index contributed by atoms with van der Waals surface area (Å²) in [5.74, 6) is -2.21. The Hall–Kier alpha value is -1.15. The molecule has 0 aromatic rings. The zero-order chi connectivity index (χ0) is 13.8. The molecule has 0 spiro atoms. The molecule has 1 saturated carbocycles. The predicted molar refractivity (Wildman–Crippen MR) is 62.2 cm³/mol. The first-order chi connectivity index (χ1) is 8.40. The van der Waals surface area contributed by atoms with Gasteiger partial charge in [-0.1, -0.05) is 0 Å². The molecular weight excluding hydrogens is 262 g/mol. The highest BCUT2D eigenvalue weighted by Crippen LogP contribution is 2.29. The maximum Gasteiger partial charge on any atom is 0.322 e. The van der Waals surface area contributed by atoms with Gasteiger partial charge in [0.15, 0.2) is 5.75 Å². The lowest BCUT2D eigenvalue weighted by molar-refractivity contribution is -0.143. The maximum absolute atomic E-state index is 11.9. The van der Waals surface area contributed by atoms with Crippen LogP contribution in [-0.2, 0) is 29.1 Å². The summed E-state index contributed by atoms with van der Waals surface area (Å²) in [4.78, 5) is 22.4.